The van der Waals surface area contributed by atoms with Gasteiger partial charge in [0.1, 0.15) is 22.9 Å². The van der Waals surface area contributed by atoms with Gasteiger partial charge < -0.3 is 14.8 Å². The number of ketones is 1. The summed E-state index contributed by atoms with van der Waals surface area (Å²) in [6.07, 6.45) is 1.19. The number of carbonyl (C=O) groups excluding carboxylic acids is 1. The van der Waals surface area contributed by atoms with E-state index in [0.717, 1.165) is 11.3 Å². The van der Waals surface area contributed by atoms with Gasteiger partial charge in [0.25, 0.3) is 4.34 Å². The third kappa shape index (κ3) is 6.42. The van der Waals surface area contributed by atoms with Crippen LogP contribution in [0.25, 0.3) is 10.6 Å². The number of hydrogen-bond donors (Lipinski definition) is 1. The maximum absolute atomic E-state index is 11.9. The normalized spacial score (nSPS) is 11.0. The van der Waals surface area contributed by atoms with Gasteiger partial charge >= 0.3 is 10.0 Å². The molecule has 0 aliphatic carbocycles. The standard InChI is InChI=1S/C11H12N4O3S2.C3H6O/c1-15(2)7-12-20(17,18)11-14-13-10(19-11)8-3-5-9(16)6-4-8;1-3(2)4/h3-7,16H,1-2H3;1-2H3. The summed E-state index contributed by atoms with van der Waals surface area (Å²) in [7, 11) is -0.492. The highest BCUT2D eigenvalue weighted by molar-refractivity contribution is 7.92. The Morgan fingerprint density at radius 1 is 1.21 bits per heavy atom. The lowest BCUT2D eigenvalue weighted by Crippen LogP contribution is -2.10. The fraction of sp³-hybridized carbons (Fsp3) is 0.286. The third-order valence-corrected chi connectivity index (χ3v) is 4.70. The molecule has 10 heteroatoms. The van der Waals surface area contributed by atoms with E-state index >= 15 is 0 Å². The molecule has 1 N–H and O–H groups in total. The molecule has 130 valence electrons. The molecule has 24 heavy (non-hydrogen) atoms. The zero-order chi connectivity index (χ0) is 18.3. The highest BCUT2D eigenvalue weighted by atomic mass is 32.2. The molecule has 0 atom stereocenters. The van der Waals surface area contributed by atoms with Crippen LogP contribution in [0, 0.1) is 0 Å². The summed E-state index contributed by atoms with van der Waals surface area (Å²) in [5.74, 6) is 0.293. The first-order valence-corrected chi connectivity index (χ1v) is 8.94. The lowest BCUT2D eigenvalue weighted by atomic mass is 10.2. The molecule has 2 aromatic rings. The Balaban J connectivity index is 0.000000648. The Kier molecular flexibility index (Phi) is 6.98. The van der Waals surface area contributed by atoms with Crippen molar-refractivity contribution in [3.63, 3.8) is 0 Å². The number of phenols is 1. The number of aromatic hydroxyl groups is 1. The van der Waals surface area contributed by atoms with Crippen LogP contribution in [-0.4, -0.2) is 54.8 Å². The van der Waals surface area contributed by atoms with Crippen molar-refractivity contribution in [3.8, 4) is 16.3 Å². The molecule has 8 nitrogen and oxygen atoms in total. The average Bonchev–Trinajstić information content (AvgIpc) is 2.96. The van der Waals surface area contributed by atoms with Gasteiger partial charge in [-0.05, 0) is 38.1 Å². The number of sulfonamides is 1. The summed E-state index contributed by atoms with van der Waals surface area (Å²) in [5.41, 5.74) is 0.679. The van der Waals surface area contributed by atoms with Gasteiger partial charge in [-0.1, -0.05) is 11.3 Å². The van der Waals surface area contributed by atoms with E-state index in [0.29, 0.717) is 10.6 Å². The molecule has 0 saturated carbocycles. The molecule has 0 bridgehead atoms. The number of nitrogens with zero attached hydrogens (tertiary/aromatic N) is 4. The second-order valence-corrected chi connectivity index (χ2v) is 7.77. The molecule has 0 radical (unpaired) electrons. The highest BCUT2D eigenvalue weighted by Gasteiger charge is 2.19. The van der Waals surface area contributed by atoms with Crippen LogP contribution < -0.4 is 0 Å². The van der Waals surface area contributed by atoms with Crippen LogP contribution in [0.4, 0.5) is 0 Å². The van der Waals surface area contributed by atoms with Crippen molar-refractivity contribution >= 4 is 33.5 Å². The minimum atomic E-state index is -3.83. The molecule has 1 aromatic carbocycles. The summed E-state index contributed by atoms with van der Waals surface area (Å²) in [4.78, 5) is 11.0. The van der Waals surface area contributed by atoms with E-state index in [-0.39, 0.29) is 15.9 Å². The predicted octanol–water partition coefficient (Wildman–Crippen LogP) is 1.78. The fourth-order valence-electron chi connectivity index (χ4n) is 1.24. The fourth-order valence-corrected chi connectivity index (χ4v) is 3.15. The largest absolute Gasteiger partial charge is 0.508 e. The SMILES string of the molecule is CC(C)=O.CN(C)C=NS(=O)(=O)c1nnc(-c2ccc(O)cc2)s1. The number of benzene rings is 1. The predicted molar refractivity (Wildman–Crippen MR) is 92.7 cm³/mol. The Morgan fingerprint density at radius 3 is 2.25 bits per heavy atom. The Morgan fingerprint density at radius 2 is 1.75 bits per heavy atom. The maximum atomic E-state index is 11.9. The Hall–Kier alpha value is -2.33. The van der Waals surface area contributed by atoms with E-state index in [4.69, 9.17) is 0 Å². The van der Waals surface area contributed by atoms with Gasteiger partial charge in [-0.15, -0.1) is 14.6 Å². The molecule has 0 aliphatic heterocycles. The van der Waals surface area contributed by atoms with Gasteiger partial charge in [-0.2, -0.15) is 8.42 Å². The van der Waals surface area contributed by atoms with E-state index in [1.54, 1.807) is 26.2 Å². The number of carbonyl (C=O) groups is 1. The highest BCUT2D eigenvalue weighted by Crippen LogP contribution is 2.27. The minimum Gasteiger partial charge on any atom is -0.508 e. The monoisotopic (exact) mass is 370 g/mol. The lowest BCUT2D eigenvalue weighted by Gasteiger charge is -2.00. The third-order valence-electron chi connectivity index (χ3n) is 2.16. The van der Waals surface area contributed by atoms with E-state index < -0.39 is 10.0 Å². The second-order valence-electron chi connectivity index (χ2n) is 4.99. The summed E-state index contributed by atoms with van der Waals surface area (Å²) < 4.78 is 27.1. The van der Waals surface area contributed by atoms with Gasteiger partial charge in [-0.25, -0.2) is 0 Å². The first kappa shape index (κ1) is 19.7. The molecular formula is C14H18N4O4S2. The molecule has 0 spiro atoms. The molecular weight excluding hydrogens is 352 g/mol. The molecule has 0 saturated heterocycles. The molecule has 1 aromatic heterocycles. The van der Waals surface area contributed by atoms with Crippen LogP contribution in [0.5, 0.6) is 5.75 Å². The van der Waals surface area contributed by atoms with E-state index in [9.17, 15) is 18.3 Å². The van der Waals surface area contributed by atoms with E-state index in [2.05, 4.69) is 14.6 Å². The van der Waals surface area contributed by atoms with E-state index in [1.807, 2.05) is 0 Å². The smallest absolute Gasteiger partial charge is 0.312 e. The van der Waals surface area contributed by atoms with Gasteiger partial charge in [0.15, 0.2) is 0 Å². The van der Waals surface area contributed by atoms with Crippen molar-refractivity contribution in [1.29, 1.82) is 0 Å². The van der Waals surface area contributed by atoms with Gasteiger partial charge in [0.05, 0.1) is 0 Å². The van der Waals surface area contributed by atoms with Gasteiger partial charge in [-0.3, -0.25) is 0 Å². The second kappa shape index (κ2) is 8.50. The number of Topliss-reactive ketones (excluding diaryl/α,β-unsaturated/α-hetero) is 1. The molecule has 0 fully saturated rings. The molecule has 1 heterocycles. The van der Waals surface area contributed by atoms with Crippen LogP contribution >= 0.6 is 11.3 Å². The molecule has 2 rings (SSSR count). The minimum absolute atomic E-state index is 0.127. The molecule has 0 amide bonds. The topological polar surface area (TPSA) is 113 Å². The summed E-state index contributed by atoms with van der Waals surface area (Å²) in [6, 6.07) is 6.26. The number of aromatic nitrogens is 2. The average molecular weight is 370 g/mol. The first-order valence-electron chi connectivity index (χ1n) is 6.69. The van der Waals surface area contributed by atoms with E-state index in [1.165, 1.54) is 37.2 Å². The van der Waals surface area contributed by atoms with Crippen molar-refractivity contribution in [2.24, 2.45) is 4.40 Å². The van der Waals surface area contributed by atoms with Crippen LogP contribution in [-0.2, 0) is 14.8 Å². The van der Waals surface area contributed by atoms with Crippen molar-refractivity contribution in [1.82, 2.24) is 15.1 Å². The van der Waals surface area contributed by atoms with Gasteiger partial charge in [0, 0.05) is 19.7 Å². The van der Waals surface area contributed by atoms with Crippen LogP contribution in [0.1, 0.15) is 13.8 Å². The lowest BCUT2D eigenvalue weighted by molar-refractivity contribution is -0.114. The molecule has 0 unspecified atom stereocenters. The maximum Gasteiger partial charge on any atom is 0.312 e. The summed E-state index contributed by atoms with van der Waals surface area (Å²) in [5, 5.41) is 17.1. The molecule has 0 aliphatic rings. The quantitative estimate of drug-likeness (QED) is 0.645. The van der Waals surface area contributed by atoms with Gasteiger partial charge in [0.2, 0.25) is 0 Å². The zero-order valence-corrected chi connectivity index (χ0v) is 15.3. The first-order chi connectivity index (χ1) is 11.1. The van der Waals surface area contributed by atoms with Crippen LogP contribution in [0.15, 0.2) is 33.0 Å². The summed E-state index contributed by atoms with van der Waals surface area (Å²) >= 11 is 0.926. The zero-order valence-electron chi connectivity index (χ0n) is 13.7. The Bertz CT molecular complexity index is 808. The van der Waals surface area contributed by atoms with Crippen molar-refractivity contribution in [2.75, 3.05) is 14.1 Å². The van der Waals surface area contributed by atoms with Crippen molar-refractivity contribution in [3.05, 3.63) is 24.3 Å². The van der Waals surface area contributed by atoms with Crippen LogP contribution in [0.3, 0.4) is 0 Å². The van der Waals surface area contributed by atoms with Crippen LogP contribution in [0.2, 0.25) is 0 Å². The Labute approximate surface area is 144 Å². The number of phenolic OH excluding ortho intramolecular Hbond substituents is 1. The van der Waals surface area contributed by atoms with Crippen molar-refractivity contribution in [2.45, 2.75) is 18.2 Å². The number of rotatable bonds is 4. The number of hydrogen-bond acceptors (Lipinski definition) is 7. The van der Waals surface area contributed by atoms with Crippen molar-refractivity contribution < 1.29 is 18.3 Å². The summed E-state index contributed by atoms with van der Waals surface area (Å²) in [6.45, 7) is 3.06.